The molecule has 1 N–H and O–H groups in total. The number of rotatable bonds is 7. The lowest BCUT2D eigenvalue weighted by molar-refractivity contribution is -0.116. The molecule has 0 bridgehead atoms. The number of nitrogens with one attached hydrogen (secondary N) is 1. The van der Waals surface area contributed by atoms with Gasteiger partial charge in [0.15, 0.2) is 0 Å². The van der Waals surface area contributed by atoms with E-state index in [9.17, 15) is 4.79 Å². The quantitative estimate of drug-likeness (QED) is 0.596. The zero-order chi connectivity index (χ0) is 18.0. The highest BCUT2D eigenvalue weighted by atomic mass is 16.1. The fourth-order valence-corrected chi connectivity index (χ4v) is 2.83. The summed E-state index contributed by atoms with van der Waals surface area (Å²) in [4.78, 5) is 29.2. The van der Waals surface area contributed by atoms with Crippen LogP contribution in [-0.4, -0.2) is 65.0 Å². The molecule has 3 rings (SSSR count). The number of pyridine rings is 1. The maximum absolute atomic E-state index is 11.8. The van der Waals surface area contributed by atoms with E-state index in [0.29, 0.717) is 6.54 Å². The highest BCUT2D eigenvalue weighted by Crippen LogP contribution is 2.09. The minimum absolute atomic E-state index is 0.0818. The molecule has 0 atom stereocenters. The van der Waals surface area contributed by atoms with Gasteiger partial charge in [-0.3, -0.25) is 14.7 Å². The number of aromatic nitrogens is 3. The molecular weight excluding hydrogens is 328 g/mol. The highest BCUT2D eigenvalue weighted by Gasteiger charge is 2.18. The molecule has 1 fully saturated rings. The topological polar surface area (TPSA) is 74.2 Å². The first-order valence-electron chi connectivity index (χ1n) is 8.92. The van der Waals surface area contributed by atoms with Crippen LogP contribution < -0.4 is 10.2 Å². The van der Waals surface area contributed by atoms with Crippen molar-refractivity contribution in [2.75, 3.05) is 44.2 Å². The van der Waals surface area contributed by atoms with Crippen molar-refractivity contribution in [3.63, 3.8) is 0 Å². The fourth-order valence-electron chi connectivity index (χ4n) is 2.83. The molecule has 26 heavy (non-hydrogen) atoms. The molecule has 1 aliphatic heterocycles. The molecule has 0 radical (unpaired) electrons. The Hall–Kier alpha value is -2.80. The Kier molecular flexibility index (Phi) is 6.66. The first kappa shape index (κ1) is 18.0. The normalized spacial score (nSPS) is 15.3. The molecule has 0 unspecified atom stereocenters. The Labute approximate surface area is 153 Å². The first-order valence-corrected chi connectivity index (χ1v) is 8.92. The Morgan fingerprint density at radius 3 is 2.54 bits per heavy atom. The third kappa shape index (κ3) is 5.63. The second kappa shape index (κ2) is 9.62. The number of hydrogen-bond donors (Lipinski definition) is 1. The molecule has 1 aliphatic rings. The average Bonchev–Trinajstić information content (AvgIpc) is 2.71. The summed E-state index contributed by atoms with van der Waals surface area (Å²) in [5.74, 6) is 0.723. The summed E-state index contributed by atoms with van der Waals surface area (Å²) in [6.07, 6.45) is 9.45. The van der Waals surface area contributed by atoms with Gasteiger partial charge in [0.1, 0.15) is 0 Å². The van der Waals surface area contributed by atoms with Crippen LogP contribution in [0.25, 0.3) is 6.08 Å². The molecule has 1 saturated heterocycles. The second-order valence-electron chi connectivity index (χ2n) is 6.11. The molecule has 0 saturated carbocycles. The summed E-state index contributed by atoms with van der Waals surface area (Å²) < 4.78 is 0. The smallest absolute Gasteiger partial charge is 0.244 e. The lowest BCUT2D eigenvalue weighted by atomic mass is 10.3. The van der Waals surface area contributed by atoms with E-state index < -0.39 is 0 Å². The van der Waals surface area contributed by atoms with E-state index in [2.05, 4.69) is 30.1 Å². The zero-order valence-corrected chi connectivity index (χ0v) is 14.8. The molecule has 0 aliphatic carbocycles. The summed E-state index contributed by atoms with van der Waals surface area (Å²) >= 11 is 0. The molecule has 136 valence electrons. The summed E-state index contributed by atoms with van der Waals surface area (Å²) in [5.41, 5.74) is 0.780. The zero-order valence-electron chi connectivity index (χ0n) is 14.8. The van der Waals surface area contributed by atoms with Gasteiger partial charge in [-0.2, -0.15) is 0 Å². The van der Waals surface area contributed by atoms with Gasteiger partial charge in [0.2, 0.25) is 11.9 Å². The van der Waals surface area contributed by atoms with Crippen molar-refractivity contribution in [1.29, 1.82) is 0 Å². The monoisotopic (exact) mass is 352 g/mol. The van der Waals surface area contributed by atoms with Crippen molar-refractivity contribution in [1.82, 2.24) is 25.2 Å². The van der Waals surface area contributed by atoms with Crippen molar-refractivity contribution >= 4 is 17.9 Å². The van der Waals surface area contributed by atoms with Crippen LogP contribution in [0, 0.1) is 0 Å². The Morgan fingerprint density at radius 1 is 1.04 bits per heavy atom. The van der Waals surface area contributed by atoms with Crippen molar-refractivity contribution in [3.8, 4) is 0 Å². The summed E-state index contributed by atoms with van der Waals surface area (Å²) in [5, 5.41) is 2.92. The SMILES string of the molecule is O=C(/C=C/c1ccccn1)NCCCN1CCN(c2ncccn2)CC1. The Morgan fingerprint density at radius 2 is 1.81 bits per heavy atom. The van der Waals surface area contributed by atoms with Crippen molar-refractivity contribution in [3.05, 3.63) is 54.6 Å². The number of carbonyl (C=O) groups excluding carboxylic acids is 1. The van der Waals surface area contributed by atoms with E-state index in [0.717, 1.165) is 50.8 Å². The fraction of sp³-hybridized carbons (Fsp3) is 0.368. The minimum atomic E-state index is -0.0818. The van der Waals surface area contributed by atoms with Crippen molar-refractivity contribution in [2.45, 2.75) is 6.42 Å². The van der Waals surface area contributed by atoms with Crippen LogP contribution in [0.1, 0.15) is 12.1 Å². The molecule has 3 heterocycles. The Balaban J connectivity index is 1.30. The third-order valence-electron chi connectivity index (χ3n) is 4.25. The number of piperazine rings is 1. The first-order chi connectivity index (χ1) is 12.8. The molecule has 1 amide bonds. The average molecular weight is 352 g/mol. The van der Waals surface area contributed by atoms with Crippen LogP contribution in [0.3, 0.4) is 0 Å². The van der Waals surface area contributed by atoms with Gasteiger partial charge in [0.25, 0.3) is 0 Å². The highest BCUT2D eigenvalue weighted by molar-refractivity contribution is 5.91. The minimum Gasteiger partial charge on any atom is -0.353 e. The van der Waals surface area contributed by atoms with E-state index in [1.807, 2.05) is 24.3 Å². The van der Waals surface area contributed by atoms with E-state index in [1.165, 1.54) is 6.08 Å². The summed E-state index contributed by atoms with van der Waals surface area (Å²) in [7, 11) is 0. The number of hydrogen-bond acceptors (Lipinski definition) is 6. The molecule has 0 aromatic carbocycles. The van der Waals surface area contributed by atoms with Crippen LogP contribution in [0.4, 0.5) is 5.95 Å². The molecule has 2 aromatic heterocycles. The standard InChI is InChI=1S/C19H24N6O/c26-18(7-6-17-5-1-2-8-20-17)21-11-4-12-24-13-15-25(16-14-24)19-22-9-3-10-23-19/h1-3,5-10H,4,11-16H2,(H,21,26)/b7-6+. The molecular formula is C19H24N6O. The summed E-state index contributed by atoms with van der Waals surface area (Å²) in [6, 6.07) is 7.45. The second-order valence-corrected chi connectivity index (χ2v) is 6.11. The maximum atomic E-state index is 11.8. The van der Waals surface area contributed by atoms with Crippen LogP contribution >= 0.6 is 0 Å². The summed E-state index contributed by atoms with van der Waals surface area (Å²) in [6.45, 7) is 5.51. The molecule has 7 heteroatoms. The van der Waals surface area contributed by atoms with E-state index in [-0.39, 0.29) is 5.91 Å². The van der Waals surface area contributed by atoms with Gasteiger partial charge in [-0.1, -0.05) is 6.07 Å². The van der Waals surface area contributed by atoms with Crippen molar-refractivity contribution < 1.29 is 4.79 Å². The maximum Gasteiger partial charge on any atom is 0.244 e. The lowest BCUT2D eigenvalue weighted by Crippen LogP contribution is -2.47. The van der Waals surface area contributed by atoms with Crippen LogP contribution in [-0.2, 0) is 4.79 Å². The van der Waals surface area contributed by atoms with Gasteiger partial charge in [0, 0.05) is 57.4 Å². The molecule has 0 spiro atoms. The predicted molar refractivity (Wildman–Crippen MR) is 102 cm³/mol. The largest absolute Gasteiger partial charge is 0.353 e. The van der Waals surface area contributed by atoms with E-state index in [4.69, 9.17) is 0 Å². The van der Waals surface area contributed by atoms with E-state index >= 15 is 0 Å². The van der Waals surface area contributed by atoms with Gasteiger partial charge in [-0.05, 0) is 37.2 Å². The van der Waals surface area contributed by atoms with Crippen LogP contribution in [0.2, 0.25) is 0 Å². The van der Waals surface area contributed by atoms with Crippen LogP contribution in [0.5, 0.6) is 0 Å². The lowest BCUT2D eigenvalue weighted by Gasteiger charge is -2.34. The molecule has 2 aromatic rings. The third-order valence-corrected chi connectivity index (χ3v) is 4.25. The number of anilines is 1. The van der Waals surface area contributed by atoms with Crippen molar-refractivity contribution in [2.24, 2.45) is 0 Å². The van der Waals surface area contributed by atoms with Gasteiger partial charge in [0.05, 0.1) is 5.69 Å². The Bertz CT molecular complexity index is 698. The van der Waals surface area contributed by atoms with Gasteiger partial charge < -0.3 is 10.2 Å². The number of nitrogens with zero attached hydrogens (tertiary/aromatic N) is 5. The van der Waals surface area contributed by atoms with Gasteiger partial charge >= 0.3 is 0 Å². The number of amides is 1. The molecule has 7 nitrogen and oxygen atoms in total. The predicted octanol–water partition coefficient (Wildman–Crippen LogP) is 1.21. The van der Waals surface area contributed by atoms with Gasteiger partial charge in [-0.25, -0.2) is 9.97 Å². The van der Waals surface area contributed by atoms with Gasteiger partial charge in [-0.15, -0.1) is 0 Å². The van der Waals surface area contributed by atoms with E-state index in [1.54, 1.807) is 24.7 Å². The van der Waals surface area contributed by atoms with Crippen LogP contribution in [0.15, 0.2) is 48.9 Å². The number of carbonyl (C=O) groups is 1.